The zero-order chi connectivity index (χ0) is 24.2. The van der Waals surface area contributed by atoms with Crippen LogP contribution in [0, 0.1) is 11.3 Å². The van der Waals surface area contributed by atoms with Gasteiger partial charge in [-0.05, 0) is 61.6 Å². The smallest absolute Gasteiger partial charge is 0.258 e. The molecule has 174 valence electrons. The molecule has 0 saturated carbocycles. The fourth-order valence-corrected chi connectivity index (χ4v) is 4.06. The molecular weight excluding hydrogens is 432 g/mol. The number of carbonyl (C=O) groups excluding carboxylic acids is 1. The van der Waals surface area contributed by atoms with E-state index in [1.54, 1.807) is 18.2 Å². The highest BCUT2D eigenvalue weighted by molar-refractivity contribution is 5.82. The average molecular weight is 459 g/mol. The third-order valence-electron chi connectivity index (χ3n) is 5.60. The van der Waals surface area contributed by atoms with Crippen molar-refractivity contribution in [1.82, 2.24) is 15.0 Å². The van der Waals surface area contributed by atoms with Crippen LogP contribution in [0.2, 0.25) is 0 Å². The molecule has 1 aliphatic carbocycles. The van der Waals surface area contributed by atoms with Gasteiger partial charge in [0, 0.05) is 30.8 Å². The first-order valence-corrected chi connectivity index (χ1v) is 11.2. The van der Waals surface area contributed by atoms with E-state index in [4.69, 9.17) is 9.26 Å². The average Bonchev–Trinajstić information content (AvgIpc) is 3.46. The molecule has 0 aliphatic heterocycles. The zero-order valence-electron chi connectivity index (χ0n) is 19.4. The predicted octanol–water partition coefficient (Wildman–Crippen LogP) is 4.19. The minimum absolute atomic E-state index is 0.0433. The zero-order valence-corrected chi connectivity index (χ0v) is 19.4. The number of carbonyl (C=O) groups is 1. The number of aliphatic hydroxyl groups is 1. The topological polar surface area (TPSA) is 112 Å². The van der Waals surface area contributed by atoms with E-state index in [1.165, 1.54) is 11.8 Å². The third kappa shape index (κ3) is 4.70. The predicted molar refractivity (Wildman–Crippen MR) is 126 cm³/mol. The van der Waals surface area contributed by atoms with E-state index < -0.39 is 0 Å². The van der Waals surface area contributed by atoms with Gasteiger partial charge in [0.2, 0.25) is 11.7 Å². The van der Waals surface area contributed by atoms with Crippen molar-refractivity contribution in [1.29, 1.82) is 5.26 Å². The summed E-state index contributed by atoms with van der Waals surface area (Å²) in [6.45, 7) is 5.46. The maximum Gasteiger partial charge on any atom is 0.258 e. The van der Waals surface area contributed by atoms with Crippen LogP contribution in [0.3, 0.4) is 0 Å². The minimum Gasteiger partial charge on any atom is -0.490 e. The van der Waals surface area contributed by atoms with Crippen LogP contribution >= 0.6 is 0 Å². The van der Waals surface area contributed by atoms with Crippen LogP contribution in [0.5, 0.6) is 5.75 Å². The molecule has 3 aromatic rings. The fourth-order valence-electron chi connectivity index (χ4n) is 4.06. The van der Waals surface area contributed by atoms with Gasteiger partial charge in [-0.15, -0.1) is 0 Å². The van der Waals surface area contributed by atoms with E-state index in [0.717, 1.165) is 35.1 Å². The molecule has 1 N–H and O–H groups in total. The van der Waals surface area contributed by atoms with Gasteiger partial charge in [-0.1, -0.05) is 23.4 Å². The van der Waals surface area contributed by atoms with E-state index >= 15 is 0 Å². The van der Waals surface area contributed by atoms with Gasteiger partial charge in [0.15, 0.2) is 0 Å². The Hall–Kier alpha value is -3.96. The van der Waals surface area contributed by atoms with Crippen LogP contribution in [0.1, 0.15) is 43.9 Å². The number of fused-ring (bicyclic) bond motifs is 1. The van der Waals surface area contributed by atoms with Crippen molar-refractivity contribution in [3.8, 4) is 34.7 Å². The number of aromatic nitrogens is 2. The minimum atomic E-state index is -0.115. The SMILES string of the molecule is CC(=O)N(/C=C1\CCc2c1cccc2-c1noc(-c2ccc(OC(C)C)c(C#N)c2)n1)CCO. The fraction of sp³-hybridized carbons (Fsp3) is 0.308. The molecule has 1 amide bonds. The van der Waals surface area contributed by atoms with Crippen LogP contribution in [-0.4, -0.2) is 45.3 Å². The second kappa shape index (κ2) is 9.89. The Labute approximate surface area is 198 Å². The van der Waals surface area contributed by atoms with Crippen molar-refractivity contribution in [2.24, 2.45) is 0 Å². The van der Waals surface area contributed by atoms with E-state index in [-0.39, 0.29) is 25.2 Å². The van der Waals surface area contributed by atoms with Crippen molar-refractivity contribution < 1.29 is 19.2 Å². The summed E-state index contributed by atoms with van der Waals surface area (Å²) in [5.41, 5.74) is 5.07. The molecule has 2 aromatic carbocycles. The number of hydrogen-bond acceptors (Lipinski definition) is 7. The van der Waals surface area contributed by atoms with Gasteiger partial charge in [-0.25, -0.2) is 0 Å². The largest absolute Gasteiger partial charge is 0.490 e. The molecule has 1 heterocycles. The Morgan fingerprint density at radius 3 is 2.79 bits per heavy atom. The lowest BCUT2D eigenvalue weighted by molar-refractivity contribution is -0.126. The lowest BCUT2D eigenvalue weighted by Gasteiger charge is -2.16. The third-order valence-corrected chi connectivity index (χ3v) is 5.60. The van der Waals surface area contributed by atoms with Crippen molar-refractivity contribution in [2.75, 3.05) is 13.2 Å². The molecule has 1 aliphatic rings. The van der Waals surface area contributed by atoms with E-state index in [9.17, 15) is 15.2 Å². The van der Waals surface area contributed by atoms with Crippen LogP contribution in [0.4, 0.5) is 0 Å². The Morgan fingerprint density at radius 2 is 2.09 bits per heavy atom. The van der Waals surface area contributed by atoms with Crippen molar-refractivity contribution >= 4 is 11.5 Å². The van der Waals surface area contributed by atoms with Gasteiger partial charge < -0.3 is 19.3 Å². The molecule has 0 spiro atoms. The highest BCUT2D eigenvalue weighted by Gasteiger charge is 2.24. The molecule has 8 nitrogen and oxygen atoms in total. The Kier molecular flexibility index (Phi) is 6.75. The second-order valence-corrected chi connectivity index (χ2v) is 8.33. The summed E-state index contributed by atoms with van der Waals surface area (Å²) in [6, 6.07) is 13.3. The van der Waals surface area contributed by atoms with Crippen LogP contribution in [0.25, 0.3) is 28.4 Å². The summed E-state index contributed by atoms with van der Waals surface area (Å²) in [5.74, 6) is 1.19. The van der Waals surface area contributed by atoms with Crippen molar-refractivity contribution in [2.45, 2.75) is 39.7 Å². The summed E-state index contributed by atoms with van der Waals surface area (Å²) in [6.07, 6.45) is 3.33. The van der Waals surface area contributed by atoms with E-state index in [0.29, 0.717) is 28.6 Å². The summed E-state index contributed by atoms with van der Waals surface area (Å²) >= 11 is 0. The maximum atomic E-state index is 11.9. The first-order chi connectivity index (χ1) is 16.4. The summed E-state index contributed by atoms with van der Waals surface area (Å²) in [7, 11) is 0. The Morgan fingerprint density at radius 1 is 1.29 bits per heavy atom. The molecule has 8 heteroatoms. The number of amides is 1. The van der Waals surface area contributed by atoms with Crippen LogP contribution < -0.4 is 4.74 Å². The Bertz CT molecular complexity index is 1290. The first-order valence-electron chi connectivity index (χ1n) is 11.2. The molecule has 0 saturated heterocycles. The molecule has 0 atom stereocenters. The molecular formula is C26H26N4O4. The number of nitriles is 1. The number of rotatable bonds is 7. The Balaban J connectivity index is 1.66. The molecule has 0 radical (unpaired) electrons. The van der Waals surface area contributed by atoms with Gasteiger partial charge in [0.05, 0.1) is 18.3 Å². The first kappa shape index (κ1) is 23.2. The number of benzene rings is 2. The van der Waals surface area contributed by atoms with Gasteiger partial charge in [0.25, 0.3) is 5.89 Å². The lowest BCUT2D eigenvalue weighted by atomic mass is 10.0. The number of allylic oxidation sites excluding steroid dienone is 1. The number of nitrogens with zero attached hydrogens (tertiary/aromatic N) is 4. The summed E-state index contributed by atoms with van der Waals surface area (Å²) in [4.78, 5) is 18.0. The van der Waals surface area contributed by atoms with Crippen molar-refractivity contribution in [3.63, 3.8) is 0 Å². The highest BCUT2D eigenvalue weighted by atomic mass is 16.5. The highest BCUT2D eigenvalue weighted by Crippen LogP contribution is 2.38. The van der Waals surface area contributed by atoms with E-state index in [2.05, 4.69) is 16.2 Å². The van der Waals surface area contributed by atoms with Gasteiger partial charge in [-0.2, -0.15) is 10.2 Å². The number of aliphatic hydroxyl groups excluding tert-OH is 1. The molecule has 4 rings (SSSR count). The van der Waals surface area contributed by atoms with E-state index in [1.807, 2.05) is 38.2 Å². The number of ether oxygens (including phenoxy) is 1. The van der Waals surface area contributed by atoms with Crippen LogP contribution in [-0.2, 0) is 11.2 Å². The van der Waals surface area contributed by atoms with Crippen LogP contribution in [0.15, 0.2) is 47.1 Å². The lowest BCUT2D eigenvalue weighted by Crippen LogP contribution is -2.26. The quantitative estimate of drug-likeness (QED) is 0.565. The monoisotopic (exact) mass is 458 g/mol. The molecule has 1 aromatic heterocycles. The normalized spacial score (nSPS) is 13.7. The van der Waals surface area contributed by atoms with Gasteiger partial charge in [0.1, 0.15) is 11.8 Å². The molecule has 0 fully saturated rings. The number of hydrogen-bond donors (Lipinski definition) is 1. The summed E-state index contributed by atoms with van der Waals surface area (Å²) in [5, 5.41) is 23.0. The standard InChI is InChI=1S/C26H26N4O4/c1-16(2)33-24-10-8-18(13-20(24)14-27)26-28-25(29-34-26)23-6-4-5-21-19(7-9-22(21)23)15-30(11-12-31)17(3)32/h4-6,8,10,13,15-16,31H,7,9,11-12H2,1-3H3/b19-15+. The maximum absolute atomic E-state index is 11.9. The van der Waals surface area contributed by atoms with Crippen molar-refractivity contribution in [3.05, 3.63) is 59.3 Å². The molecule has 0 unspecified atom stereocenters. The van der Waals surface area contributed by atoms with Gasteiger partial charge in [-0.3, -0.25) is 4.79 Å². The summed E-state index contributed by atoms with van der Waals surface area (Å²) < 4.78 is 11.2. The van der Waals surface area contributed by atoms with Gasteiger partial charge >= 0.3 is 0 Å². The molecule has 34 heavy (non-hydrogen) atoms. The molecule has 0 bridgehead atoms. The second-order valence-electron chi connectivity index (χ2n) is 8.33.